The first kappa shape index (κ1) is 30.6. The number of carbonyl (C=O) groups is 1. The van der Waals surface area contributed by atoms with E-state index in [-0.39, 0.29) is 24.3 Å². The highest BCUT2D eigenvalue weighted by Crippen LogP contribution is 2.33. The highest BCUT2D eigenvalue weighted by molar-refractivity contribution is 5.69. The van der Waals surface area contributed by atoms with Gasteiger partial charge in [0, 0.05) is 37.8 Å². The van der Waals surface area contributed by atoms with Crippen molar-refractivity contribution < 1.29 is 14.3 Å². The van der Waals surface area contributed by atoms with E-state index in [1.807, 2.05) is 25.7 Å². The van der Waals surface area contributed by atoms with Crippen LogP contribution in [0.5, 0.6) is 0 Å². The Bertz CT molecular complexity index is 960. The summed E-state index contributed by atoms with van der Waals surface area (Å²) >= 11 is 0. The fourth-order valence-electron chi connectivity index (χ4n) is 6.70. The van der Waals surface area contributed by atoms with Crippen molar-refractivity contribution in [1.29, 1.82) is 0 Å². The molecule has 0 N–H and O–H groups in total. The van der Waals surface area contributed by atoms with Crippen molar-refractivity contribution in [2.24, 2.45) is 5.92 Å². The molecule has 1 amide bonds. The molecule has 5 nitrogen and oxygen atoms in total. The second-order valence-electron chi connectivity index (χ2n) is 13.2. The van der Waals surface area contributed by atoms with E-state index in [1.165, 1.54) is 43.2 Å². The summed E-state index contributed by atoms with van der Waals surface area (Å²) in [7, 11) is 0. The maximum atomic E-state index is 12.7. The lowest BCUT2D eigenvalue weighted by Gasteiger charge is -2.42. The lowest BCUT2D eigenvalue weighted by Crippen LogP contribution is -2.53. The first-order valence-electron chi connectivity index (χ1n) is 15.6. The maximum Gasteiger partial charge on any atom is 0.410 e. The maximum absolute atomic E-state index is 12.7. The summed E-state index contributed by atoms with van der Waals surface area (Å²) in [6.45, 7) is 12.9. The van der Waals surface area contributed by atoms with Crippen molar-refractivity contribution in [3.8, 4) is 0 Å². The Hall–Kier alpha value is -2.37. The minimum Gasteiger partial charge on any atom is -0.444 e. The van der Waals surface area contributed by atoms with Gasteiger partial charge in [-0.15, -0.1) is 0 Å². The Morgan fingerprint density at radius 3 is 1.88 bits per heavy atom. The molecule has 1 unspecified atom stereocenters. The first-order chi connectivity index (χ1) is 19.2. The normalized spacial score (nSPS) is 25.6. The monoisotopic (exact) mass is 548 g/mol. The fourth-order valence-corrected chi connectivity index (χ4v) is 6.70. The van der Waals surface area contributed by atoms with E-state index >= 15 is 0 Å². The summed E-state index contributed by atoms with van der Waals surface area (Å²) in [5, 5.41) is 0. The van der Waals surface area contributed by atoms with Crippen LogP contribution in [0.2, 0.25) is 0 Å². The van der Waals surface area contributed by atoms with Crippen molar-refractivity contribution in [2.45, 2.75) is 129 Å². The Balaban J connectivity index is 1.18. The van der Waals surface area contributed by atoms with Crippen LogP contribution in [0.1, 0.15) is 97.1 Å². The predicted molar refractivity (Wildman–Crippen MR) is 163 cm³/mol. The first-order valence-corrected chi connectivity index (χ1v) is 15.6. The molecular formula is C35H52N2O3. The number of nitrogens with zero attached hydrogens (tertiary/aromatic N) is 2. The smallest absolute Gasteiger partial charge is 0.410 e. The molecule has 40 heavy (non-hydrogen) atoms. The zero-order valence-corrected chi connectivity index (χ0v) is 25.6. The molecular weight excluding hydrogens is 496 g/mol. The molecule has 0 bridgehead atoms. The number of hydrogen-bond donors (Lipinski definition) is 0. The second-order valence-corrected chi connectivity index (χ2v) is 13.2. The molecule has 0 aromatic heterocycles. The lowest BCUT2D eigenvalue weighted by atomic mass is 9.82. The van der Waals surface area contributed by atoms with Crippen LogP contribution in [0, 0.1) is 5.92 Å². The van der Waals surface area contributed by atoms with E-state index in [0.717, 1.165) is 44.9 Å². The molecule has 4 rings (SSSR count). The van der Waals surface area contributed by atoms with Gasteiger partial charge in [0.25, 0.3) is 0 Å². The summed E-state index contributed by atoms with van der Waals surface area (Å²) in [6.07, 6.45) is 9.36. The molecule has 220 valence electrons. The van der Waals surface area contributed by atoms with Crippen LogP contribution in [0.15, 0.2) is 60.7 Å². The van der Waals surface area contributed by atoms with Crippen LogP contribution in [0.3, 0.4) is 0 Å². The Morgan fingerprint density at radius 1 is 0.850 bits per heavy atom. The molecule has 1 heterocycles. The number of benzene rings is 2. The lowest BCUT2D eigenvalue weighted by molar-refractivity contribution is -0.0467. The topological polar surface area (TPSA) is 42.0 Å². The zero-order valence-electron chi connectivity index (χ0n) is 25.6. The summed E-state index contributed by atoms with van der Waals surface area (Å²) in [5.41, 5.74) is 2.34. The van der Waals surface area contributed by atoms with E-state index in [9.17, 15) is 4.79 Å². The highest BCUT2D eigenvalue weighted by Gasteiger charge is 2.36. The molecule has 5 heteroatoms. The average Bonchev–Trinajstić information content (AvgIpc) is 2.91. The molecule has 1 saturated heterocycles. The highest BCUT2D eigenvalue weighted by atomic mass is 16.6. The van der Waals surface area contributed by atoms with Gasteiger partial charge in [-0.2, -0.15) is 0 Å². The Labute approximate surface area is 243 Å². The van der Waals surface area contributed by atoms with E-state index in [1.54, 1.807) is 0 Å². The predicted octanol–water partition coefficient (Wildman–Crippen LogP) is 8.22. The largest absolute Gasteiger partial charge is 0.444 e. The average molecular weight is 549 g/mol. The summed E-state index contributed by atoms with van der Waals surface area (Å²) in [5.74, 6) is 0.807. The molecule has 2 aliphatic rings. The van der Waals surface area contributed by atoms with Crippen molar-refractivity contribution in [3.05, 3.63) is 71.8 Å². The minimum absolute atomic E-state index is 0.133. The zero-order chi connectivity index (χ0) is 28.5. The third kappa shape index (κ3) is 9.34. The fraction of sp³-hybridized carbons (Fsp3) is 0.629. The van der Waals surface area contributed by atoms with Crippen LogP contribution in [-0.2, 0) is 22.6 Å². The van der Waals surface area contributed by atoms with Crippen LogP contribution in [0.4, 0.5) is 4.79 Å². The van der Waals surface area contributed by atoms with Crippen molar-refractivity contribution in [2.75, 3.05) is 6.61 Å². The summed E-state index contributed by atoms with van der Waals surface area (Å²) in [4.78, 5) is 17.3. The van der Waals surface area contributed by atoms with Gasteiger partial charge in [-0.05, 0) is 103 Å². The van der Waals surface area contributed by atoms with Crippen molar-refractivity contribution in [1.82, 2.24) is 9.80 Å². The van der Waals surface area contributed by atoms with Gasteiger partial charge < -0.3 is 14.4 Å². The third-order valence-corrected chi connectivity index (χ3v) is 8.66. The van der Waals surface area contributed by atoms with Gasteiger partial charge >= 0.3 is 6.09 Å². The quantitative estimate of drug-likeness (QED) is 0.281. The molecule has 2 fully saturated rings. The summed E-state index contributed by atoms with van der Waals surface area (Å²) in [6, 6.07) is 22.8. The number of hydrogen-bond acceptors (Lipinski definition) is 4. The van der Waals surface area contributed by atoms with Crippen LogP contribution < -0.4 is 0 Å². The number of carbonyl (C=O) groups excluding carboxylic acids is 1. The molecule has 2 aromatic rings. The second kappa shape index (κ2) is 14.5. The Kier molecular flexibility index (Phi) is 11.1. The van der Waals surface area contributed by atoms with E-state index < -0.39 is 5.60 Å². The minimum atomic E-state index is -0.467. The molecule has 1 aliphatic heterocycles. The molecule has 0 radical (unpaired) electrons. The van der Waals surface area contributed by atoms with Gasteiger partial charge in [-0.1, -0.05) is 60.7 Å². The van der Waals surface area contributed by atoms with Gasteiger partial charge in [0.05, 0.1) is 6.10 Å². The Morgan fingerprint density at radius 2 is 1.38 bits per heavy atom. The van der Waals surface area contributed by atoms with Gasteiger partial charge in [-0.3, -0.25) is 4.90 Å². The van der Waals surface area contributed by atoms with Crippen molar-refractivity contribution >= 4 is 6.09 Å². The van der Waals surface area contributed by atoms with Crippen LogP contribution >= 0.6 is 0 Å². The summed E-state index contributed by atoms with van der Waals surface area (Å²) < 4.78 is 12.0. The van der Waals surface area contributed by atoms with Gasteiger partial charge in [0.1, 0.15) is 5.60 Å². The number of piperidine rings is 1. The van der Waals surface area contributed by atoms with Gasteiger partial charge in [0.15, 0.2) is 0 Å². The van der Waals surface area contributed by atoms with Crippen LogP contribution in [-0.4, -0.2) is 52.3 Å². The number of rotatable bonds is 10. The molecule has 3 atom stereocenters. The number of amides is 1. The van der Waals surface area contributed by atoms with E-state index in [2.05, 4.69) is 79.4 Å². The van der Waals surface area contributed by atoms with E-state index in [0.29, 0.717) is 6.04 Å². The molecule has 1 aliphatic carbocycles. The van der Waals surface area contributed by atoms with E-state index in [4.69, 9.17) is 9.47 Å². The van der Waals surface area contributed by atoms with Gasteiger partial charge in [0.2, 0.25) is 0 Å². The third-order valence-electron chi connectivity index (χ3n) is 8.66. The molecule has 0 spiro atoms. The molecule has 1 saturated carbocycles. The SMILES string of the molecule is C[C@@H]1CC(OCCC[C@H]2CC[C@H](N(Cc3ccccc3)Cc3ccccc3)CC2)C[C@H](C)N1C(=O)OC(C)(C)C. The molecule has 2 aromatic carbocycles. The van der Waals surface area contributed by atoms with Crippen molar-refractivity contribution in [3.63, 3.8) is 0 Å². The van der Waals surface area contributed by atoms with Gasteiger partial charge in [-0.25, -0.2) is 4.79 Å². The number of likely N-dealkylation sites (tertiary alicyclic amines) is 1. The van der Waals surface area contributed by atoms with Crippen LogP contribution in [0.25, 0.3) is 0 Å². The standard InChI is InChI=1S/C35H52N2O3/c1-27-23-33(24-28(2)37(27)34(38)40-35(3,4)5)39-22-12-17-29-18-20-32(21-19-29)36(25-30-13-8-6-9-14-30)26-31-15-10-7-11-16-31/h6-11,13-16,27-29,32-33H,12,17-26H2,1-5H3/t27-,28+,29-,32-,33?. The number of ether oxygens (including phenoxy) is 2.